The zero-order chi connectivity index (χ0) is 17.9. The van der Waals surface area contributed by atoms with Gasteiger partial charge < -0.3 is 5.32 Å². The Kier molecular flexibility index (Phi) is 4.74. The maximum atomic E-state index is 13.6. The van der Waals surface area contributed by atoms with Gasteiger partial charge in [-0.15, -0.1) is 0 Å². The van der Waals surface area contributed by atoms with Crippen molar-refractivity contribution in [1.82, 2.24) is 15.0 Å². The summed E-state index contributed by atoms with van der Waals surface area (Å²) in [6.45, 7) is 6.85. The van der Waals surface area contributed by atoms with E-state index in [2.05, 4.69) is 41.0 Å². The molecule has 0 aliphatic carbocycles. The minimum Gasteiger partial charge on any atom is -0.350 e. The molecule has 5 heteroatoms. The molecule has 0 aliphatic rings. The maximum absolute atomic E-state index is 13.6. The van der Waals surface area contributed by atoms with E-state index in [4.69, 9.17) is 0 Å². The standard InChI is InChI=1S/C20H21FN4/c1-20(2,3)18-11-17(15-7-4-8-16(21)10-15)24-19(25-18)23-13-14-6-5-9-22-12-14/h4-12H,13H2,1-3H3,(H,23,24,25). The van der Waals surface area contributed by atoms with Crippen LogP contribution in [0.2, 0.25) is 0 Å². The Morgan fingerprint density at radius 1 is 1.04 bits per heavy atom. The number of benzene rings is 1. The van der Waals surface area contributed by atoms with Crippen molar-refractivity contribution in [2.75, 3.05) is 5.32 Å². The van der Waals surface area contributed by atoms with Crippen LogP contribution in [0, 0.1) is 5.82 Å². The third-order valence-electron chi connectivity index (χ3n) is 3.79. The third kappa shape index (κ3) is 4.38. The Bertz CT molecular complexity index is 857. The summed E-state index contributed by atoms with van der Waals surface area (Å²) >= 11 is 0. The number of pyridine rings is 1. The molecule has 0 aliphatic heterocycles. The summed E-state index contributed by atoms with van der Waals surface area (Å²) in [7, 11) is 0. The fourth-order valence-corrected chi connectivity index (χ4v) is 2.39. The van der Waals surface area contributed by atoms with Crippen LogP contribution in [0.1, 0.15) is 32.0 Å². The molecule has 0 saturated carbocycles. The van der Waals surface area contributed by atoms with E-state index in [-0.39, 0.29) is 11.2 Å². The van der Waals surface area contributed by atoms with Gasteiger partial charge in [-0.1, -0.05) is 39.0 Å². The lowest BCUT2D eigenvalue weighted by Crippen LogP contribution is -2.16. The van der Waals surface area contributed by atoms with Crippen molar-refractivity contribution in [3.63, 3.8) is 0 Å². The maximum Gasteiger partial charge on any atom is 0.223 e. The molecule has 3 rings (SSSR count). The highest BCUT2D eigenvalue weighted by atomic mass is 19.1. The van der Waals surface area contributed by atoms with E-state index in [1.807, 2.05) is 24.3 Å². The predicted molar refractivity (Wildman–Crippen MR) is 97.7 cm³/mol. The number of rotatable bonds is 4. The second-order valence-electron chi connectivity index (χ2n) is 6.94. The van der Waals surface area contributed by atoms with E-state index in [1.165, 1.54) is 12.1 Å². The van der Waals surface area contributed by atoms with Crippen molar-refractivity contribution in [3.8, 4) is 11.3 Å². The molecule has 4 nitrogen and oxygen atoms in total. The molecule has 0 bridgehead atoms. The highest BCUT2D eigenvalue weighted by Crippen LogP contribution is 2.27. The van der Waals surface area contributed by atoms with Crippen LogP contribution in [0.25, 0.3) is 11.3 Å². The molecule has 3 aromatic rings. The van der Waals surface area contributed by atoms with Crippen molar-refractivity contribution in [1.29, 1.82) is 0 Å². The molecular weight excluding hydrogens is 315 g/mol. The second-order valence-corrected chi connectivity index (χ2v) is 6.94. The normalized spacial score (nSPS) is 11.4. The Morgan fingerprint density at radius 2 is 1.88 bits per heavy atom. The van der Waals surface area contributed by atoms with Gasteiger partial charge in [0.15, 0.2) is 0 Å². The van der Waals surface area contributed by atoms with Gasteiger partial charge in [0.05, 0.1) is 11.4 Å². The number of hydrogen-bond acceptors (Lipinski definition) is 4. The first-order chi connectivity index (χ1) is 11.9. The molecule has 2 aromatic heterocycles. The van der Waals surface area contributed by atoms with Gasteiger partial charge in [0.25, 0.3) is 0 Å². The Labute approximate surface area is 147 Å². The molecule has 0 fully saturated rings. The molecule has 25 heavy (non-hydrogen) atoms. The van der Waals surface area contributed by atoms with Crippen LogP contribution in [0.4, 0.5) is 10.3 Å². The Morgan fingerprint density at radius 3 is 2.56 bits per heavy atom. The van der Waals surface area contributed by atoms with Crippen molar-refractivity contribution < 1.29 is 4.39 Å². The largest absolute Gasteiger partial charge is 0.350 e. The first-order valence-electron chi connectivity index (χ1n) is 8.20. The van der Waals surface area contributed by atoms with Crippen molar-refractivity contribution in [2.45, 2.75) is 32.7 Å². The van der Waals surface area contributed by atoms with Crippen LogP contribution in [0.3, 0.4) is 0 Å². The fourth-order valence-electron chi connectivity index (χ4n) is 2.39. The minimum atomic E-state index is -0.279. The summed E-state index contributed by atoms with van der Waals surface area (Å²) in [6, 6.07) is 12.2. The number of hydrogen-bond donors (Lipinski definition) is 1. The van der Waals surface area contributed by atoms with Crippen LogP contribution in [-0.4, -0.2) is 15.0 Å². The highest BCUT2D eigenvalue weighted by molar-refractivity contribution is 5.61. The molecule has 0 amide bonds. The zero-order valence-electron chi connectivity index (χ0n) is 14.6. The smallest absolute Gasteiger partial charge is 0.223 e. The van der Waals surface area contributed by atoms with Gasteiger partial charge in [-0.05, 0) is 29.8 Å². The first kappa shape index (κ1) is 17.0. The Balaban J connectivity index is 1.95. The van der Waals surface area contributed by atoms with Crippen LogP contribution in [0.5, 0.6) is 0 Å². The molecule has 0 unspecified atom stereocenters. The average molecular weight is 336 g/mol. The van der Waals surface area contributed by atoms with Crippen LogP contribution in [0.15, 0.2) is 54.9 Å². The lowest BCUT2D eigenvalue weighted by Gasteiger charge is -2.20. The molecule has 0 atom stereocenters. The molecular formula is C20H21FN4. The number of anilines is 1. The lowest BCUT2D eigenvalue weighted by molar-refractivity contribution is 0.568. The van der Waals surface area contributed by atoms with Gasteiger partial charge in [0, 0.05) is 29.9 Å². The summed E-state index contributed by atoms with van der Waals surface area (Å²) in [5.74, 6) is 0.244. The van der Waals surface area contributed by atoms with E-state index in [1.54, 1.807) is 18.5 Å². The monoisotopic (exact) mass is 336 g/mol. The summed E-state index contributed by atoms with van der Waals surface area (Å²) < 4.78 is 13.6. The SMILES string of the molecule is CC(C)(C)c1cc(-c2cccc(F)c2)nc(NCc2cccnc2)n1. The van der Waals surface area contributed by atoms with E-state index >= 15 is 0 Å². The van der Waals surface area contributed by atoms with Gasteiger partial charge in [-0.3, -0.25) is 4.98 Å². The molecule has 1 N–H and O–H groups in total. The van der Waals surface area contributed by atoms with Gasteiger partial charge in [0.1, 0.15) is 5.82 Å². The molecule has 1 aromatic carbocycles. The van der Waals surface area contributed by atoms with Gasteiger partial charge in [0.2, 0.25) is 5.95 Å². The van der Waals surface area contributed by atoms with Crippen molar-refractivity contribution >= 4 is 5.95 Å². The van der Waals surface area contributed by atoms with Gasteiger partial charge in [-0.25, -0.2) is 14.4 Å². The van der Waals surface area contributed by atoms with E-state index in [0.717, 1.165) is 16.8 Å². The average Bonchev–Trinajstić information content (AvgIpc) is 2.60. The molecule has 128 valence electrons. The van der Waals surface area contributed by atoms with Crippen LogP contribution < -0.4 is 5.32 Å². The van der Waals surface area contributed by atoms with Crippen LogP contribution >= 0.6 is 0 Å². The summed E-state index contributed by atoms with van der Waals surface area (Å²) in [5.41, 5.74) is 3.23. The number of nitrogens with one attached hydrogen (secondary N) is 1. The predicted octanol–water partition coefficient (Wildman–Crippen LogP) is 4.59. The third-order valence-corrected chi connectivity index (χ3v) is 3.79. The van der Waals surface area contributed by atoms with Gasteiger partial charge >= 0.3 is 0 Å². The minimum absolute atomic E-state index is 0.143. The first-order valence-corrected chi connectivity index (χ1v) is 8.20. The molecule has 2 heterocycles. The number of nitrogens with zero attached hydrogens (tertiary/aromatic N) is 3. The summed E-state index contributed by atoms with van der Waals surface area (Å²) in [5, 5.41) is 3.24. The molecule has 0 radical (unpaired) electrons. The van der Waals surface area contributed by atoms with E-state index in [0.29, 0.717) is 18.2 Å². The summed E-state index contributed by atoms with van der Waals surface area (Å²) in [4.78, 5) is 13.3. The molecule has 0 saturated heterocycles. The number of aromatic nitrogens is 3. The van der Waals surface area contributed by atoms with Crippen LogP contribution in [-0.2, 0) is 12.0 Å². The zero-order valence-corrected chi connectivity index (χ0v) is 14.6. The van der Waals surface area contributed by atoms with Gasteiger partial charge in [-0.2, -0.15) is 0 Å². The lowest BCUT2D eigenvalue weighted by atomic mass is 9.91. The van der Waals surface area contributed by atoms with Crippen molar-refractivity contribution in [2.24, 2.45) is 0 Å². The number of halogens is 1. The second kappa shape index (κ2) is 6.97. The van der Waals surface area contributed by atoms with E-state index < -0.39 is 0 Å². The quantitative estimate of drug-likeness (QED) is 0.757. The molecule has 0 spiro atoms. The van der Waals surface area contributed by atoms with Crippen molar-refractivity contribution in [3.05, 3.63) is 71.9 Å². The summed E-state index contributed by atoms with van der Waals surface area (Å²) in [6.07, 6.45) is 3.54. The highest BCUT2D eigenvalue weighted by Gasteiger charge is 2.18. The Hall–Kier alpha value is -2.82. The fraction of sp³-hybridized carbons (Fsp3) is 0.250. The topological polar surface area (TPSA) is 50.7 Å². The van der Waals surface area contributed by atoms with E-state index in [9.17, 15) is 4.39 Å².